The number of benzene rings is 2. The van der Waals surface area contributed by atoms with E-state index in [0.29, 0.717) is 9.23 Å². The van der Waals surface area contributed by atoms with Crippen molar-refractivity contribution in [1.82, 2.24) is 9.88 Å². The lowest BCUT2D eigenvalue weighted by Crippen LogP contribution is -2.17. The number of carbonyl (C=O) groups excluding carboxylic acids is 1. The Morgan fingerprint density at radius 1 is 1.04 bits per heavy atom. The molecule has 23 heavy (non-hydrogen) atoms. The van der Waals surface area contributed by atoms with Crippen LogP contribution < -0.4 is 5.32 Å². The van der Waals surface area contributed by atoms with Gasteiger partial charge in [-0.15, -0.1) is 0 Å². The second-order valence-corrected chi connectivity index (χ2v) is 6.87. The van der Waals surface area contributed by atoms with E-state index >= 15 is 0 Å². The topological polar surface area (TPSA) is 34.0 Å². The molecule has 2 aromatic carbocycles. The third-order valence-corrected chi connectivity index (χ3v) is 4.84. The van der Waals surface area contributed by atoms with Crippen molar-refractivity contribution in [2.45, 2.75) is 0 Å². The Labute approximate surface area is 143 Å². The van der Waals surface area contributed by atoms with Gasteiger partial charge >= 0.3 is 0 Å². The minimum absolute atomic E-state index is 0.134. The molecule has 0 radical (unpaired) electrons. The molecule has 1 aliphatic heterocycles. The van der Waals surface area contributed by atoms with Gasteiger partial charge in [-0.1, -0.05) is 60.4 Å². The van der Waals surface area contributed by atoms with Crippen molar-refractivity contribution in [3.8, 4) is 5.69 Å². The van der Waals surface area contributed by atoms with Crippen LogP contribution in [0.1, 0.15) is 5.69 Å². The van der Waals surface area contributed by atoms with E-state index in [1.807, 2.05) is 36.4 Å². The summed E-state index contributed by atoms with van der Waals surface area (Å²) >= 11 is 6.36. The third-order valence-electron chi connectivity index (χ3n) is 3.67. The standard InChI is InChI=1S/C18H12N2OS2/c21-17-16(23-18(22)19-17)11-14-10-12-6-4-5-9-15(12)20(14)13-7-2-1-3-8-13/h1-11H,(H,19,21,22)/b16-11-. The van der Waals surface area contributed by atoms with E-state index in [2.05, 4.69) is 40.2 Å². The maximum atomic E-state index is 12.0. The van der Waals surface area contributed by atoms with E-state index in [1.54, 1.807) is 0 Å². The first-order valence-corrected chi connectivity index (χ1v) is 8.35. The van der Waals surface area contributed by atoms with Gasteiger partial charge in [0.2, 0.25) is 0 Å². The van der Waals surface area contributed by atoms with Crippen LogP contribution in [-0.2, 0) is 4.79 Å². The average molecular weight is 336 g/mol. The molecule has 1 N–H and O–H groups in total. The first kappa shape index (κ1) is 14.2. The van der Waals surface area contributed by atoms with E-state index in [1.165, 1.54) is 11.8 Å². The normalized spacial score (nSPS) is 16.3. The van der Waals surface area contributed by atoms with Crippen molar-refractivity contribution in [3.63, 3.8) is 0 Å². The molecule has 0 spiro atoms. The predicted molar refractivity (Wildman–Crippen MR) is 99.6 cm³/mol. The van der Waals surface area contributed by atoms with Gasteiger partial charge in [-0.05, 0) is 30.3 Å². The number of aromatic nitrogens is 1. The molecule has 112 valence electrons. The minimum atomic E-state index is -0.134. The molecule has 2 heterocycles. The first-order chi connectivity index (χ1) is 11.2. The van der Waals surface area contributed by atoms with Gasteiger partial charge in [0.25, 0.3) is 5.91 Å². The van der Waals surface area contributed by atoms with Crippen LogP contribution in [0.4, 0.5) is 0 Å². The summed E-state index contributed by atoms with van der Waals surface area (Å²) in [5.74, 6) is -0.134. The predicted octanol–water partition coefficient (Wildman–Crippen LogP) is 4.12. The number of rotatable bonds is 2. The molecular formula is C18H12N2OS2. The highest BCUT2D eigenvalue weighted by atomic mass is 32.2. The number of thioether (sulfide) groups is 1. The largest absolute Gasteiger partial charge is 0.310 e. The van der Waals surface area contributed by atoms with Gasteiger partial charge in [-0.25, -0.2) is 0 Å². The molecule has 0 unspecified atom stereocenters. The highest BCUT2D eigenvalue weighted by Gasteiger charge is 2.23. The second kappa shape index (κ2) is 5.68. The summed E-state index contributed by atoms with van der Waals surface area (Å²) in [5.41, 5.74) is 3.13. The molecule has 1 aliphatic rings. The van der Waals surface area contributed by atoms with E-state index in [-0.39, 0.29) is 5.91 Å². The third kappa shape index (κ3) is 2.58. The van der Waals surface area contributed by atoms with Crippen LogP contribution in [0.5, 0.6) is 0 Å². The van der Waals surface area contributed by atoms with Crippen molar-refractivity contribution in [2.75, 3.05) is 0 Å². The van der Waals surface area contributed by atoms with Crippen LogP contribution in [0, 0.1) is 0 Å². The summed E-state index contributed by atoms with van der Waals surface area (Å²) in [6.07, 6.45) is 1.90. The Hall–Kier alpha value is -2.37. The summed E-state index contributed by atoms with van der Waals surface area (Å²) < 4.78 is 2.65. The zero-order chi connectivity index (χ0) is 15.8. The SMILES string of the molecule is O=C1NC(=S)S/C1=C\c1cc2ccccc2n1-c1ccccc1. The zero-order valence-corrected chi connectivity index (χ0v) is 13.7. The summed E-state index contributed by atoms with van der Waals surface area (Å²) in [6.45, 7) is 0. The fourth-order valence-corrected chi connectivity index (χ4v) is 3.73. The first-order valence-electron chi connectivity index (χ1n) is 7.13. The maximum absolute atomic E-state index is 12.0. The number of nitrogens with one attached hydrogen (secondary N) is 1. The Bertz CT molecular complexity index is 958. The van der Waals surface area contributed by atoms with Crippen molar-refractivity contribution in [3.05, 3.63) is 71.3 Å². The molecule has 3 nitrogen and oxygen atoms in total. The number of para-hydroxylation sites is 2. The summed E-state index contributed by atoms with van der Waals surface area (Å²) in [6, 6.07) is 20.4. The van der Waals surface area contributed by atoms with Gasteiger partial charge in [-0.2, -0.15) is 0 Å². The monoisotopic (exact) mass is 336 g/mol. The highest BCUT2D eigenvalue weighted by Crippen LogP contribution is 2.30. The fourth-order valence-electron chi connectivity index (χ4n) is 2.70. The van der Waals surface area contributed by atoms with Gasteiger partial charge in [0.1, 0.15) is 4.32 Å². The molecule has 1 fully saturated rings. The molecule has 3 aromatic rings. The number of hydrogen-bond acceptors (Lipinski definition) is 3. The van der Waals surface area contributed by atoms with Crippen LogP contribution in [0.25, 0.3) is 22.7 Å². The minimum Gasteiger partial charge on any atom is -0.310 e. The highest BCUT2D eigenvalue weighted by molar-refractivity contribution is 8.26. The van der Waals surface area contributed by atoms with E-state index in [4.69, 9.17) is 12.2 Å². The van der Waals surface area contributed by atoms with Crippen LogP contribution in [-0.4, -0.2) is 14.8 Å². The van der Waals surface area contributed by atoms with Gasteiger partial charge in [0, 0.05) is 16.8 Å². The number of amides is 1. The summed E-state index contributed by atoms with van der Waals surface area (Å²) in [5, 5.41) is 3.79. The number of carbonyl (C=O) groups is 1. The molecule has 5 heteroatoms. The van der Waals surface area contributed by atoms with Crippen LogP contribution in [0.3, 0.4) is 0 Å². The molecule has 1 amide bonds. The quantitative estimate of drug-likeness (QED) is 0.565. The molecule has 1 saturated heterocycles. The van der Waals surface area contributed by atoms with E-state index < -0.39 is 0 Å². The molecule has 0 bridgehead atoms. The Morgan fingerprint density at radius 2 is 1.78 bits per heavy atom. The Kier molecular flexibility index (Phi) is 3.52. The molecule has 1 aromatic heterocycles. The summed E-state index contributed by atoms with van der Waals surface area (Å²) in [4.78, 5) is 12.6. The number of thiocarbonyl (C=S) groups is 1. The van der Waals surface area contributed by atoms with Gasteiger partial charge in [0.15, 0.2) is 0 Å². The van der Waals surface area contributed by atoms with Crippen molar-refractivity contribution in [2.24, 2.45) is 0 Å². The van der Waals surface area contributed by atoms with Gasteiger partial charge in [-0.3, -0.25) is 4.79 Å². The van der Waals surface area contributed by atoms with Crippen molar-refractivity contribution >= 4 is 51.2 Å². The molecule has 0 saturated carbocycles. The van der Waals surface area contributed by atoms with Crippen molar-refractivity contribution in [1.29, 1.82) is 0 Å². The van der Waals surface area contributed by atoms with Crippen LogP contribution >= 0.6 is 24.0 Å². The molecule has 4 rings (SSSR count). The molecular weight excluding hydrogens is 324 g/mol. The Balaban J connectivity index is 1.95. The smallest absolute Gasteiger partial charge is 0.263 e. The Morgan fingerprint density at radius 3 is 2.52 bits per heavy atom. The van der Waals surface area contributed by atoms with Gasteiger partial charge < -0.3 is 9.88 Å². The zero-order valence-electron chi connectivity index (χ0n) is 12.0. The number of nitrogens with zero attached hydrogens (tertiary/aromatic N) is 1. The van der Waals surface area contributed by atoms with E-state index in [9.17, 15) is 4.79 Å². The van der Waals surface area contributed by atoms with Crippen molar-refractivity contribution < 1.29 is 4.79 Å². The lowest BCUT2D eigenvalue weighted by atomic mass is 10.2. The maximum Gasteiger partial charge on any atom is 0.263 e. The summed E-state index contributed by atoms with van der Waals surface area (Å²) in [7, 11) is 0. The molecule has 0 aliphatic carbocycles. The van der Waals surface area contributed by atoms with Crippen LogP contribution in [0.15, 0.2) is 65.6 Å². The lowest BCUT2D eigenvalue weighted by Gasteiger charge is -2.08. The molecule has 0 atom stereocenters. The lowest BCUT2D eigenvalue weighted by molar-refractivity contribution is -0.115. The second-order valence-electron chi connectivity index (χ2n) is 5.15. The fraction of sp³-hybridized carbons (Fsp3) is 0. The number of fused-ring (bicyclic) bond motifs is 1. The average Bonchev–Trinajstić information content (AvgIpc) is 3.07. The van der Waals surface area contributed by atoms with Crippen LogP contribution in [0.2, 0.25) is 0 Å². The number of hydrogen-bond donors (Lipinski definition) is 1. The van der Waals surface area contributed by atoms with E-state index in [0.717, 1.165) is 22.3 Å². The van der Waals surface area contributed by atoms with Gasteiger partial charge in [0.05, 0.1) is 10.4 Å².